The Kier molecular flexibility index (Phi) is 3.63. The second kappa shape index (κ2) is 4.74. The maximum atomic E-state index is 13.3. The number of carbonyl (C=O) groups excluding carboxylic acids is 1. The van der Waals surface area contributed by atoms with Crippen LogP contribution >= 0.6 is 0 Å². The third-order valence-corrected chi connectivity index (χ3v) is 2.22. The zero-order valence-corrected chi connectivity index (χ0v) is 8.34. The van der Waals surface area contributed by atoms with Crippen LogP contribution in [0.1, 0.15) is 17.5 Å². The Morgan fingerprint density at radius 2 is 2.21 bits per heavy atom. The van der Waals surface area contributed by atoms with Crippen molar-refractivity contribution >= 4 is 6.29 Å². The molecule has 0 atom stereocenters. The Hall–Kier alpha value is -1.38. The molecule has 0 N–H and O–H groups in total. The molecule has 2 nitrogen and oxygen atoms in total. The molecule has 0 aromatic heterocycles. The van der Waals surface area contributed by atoms with Crippen LogP contribution < -0.4 is 4.74 Å². The average molecular weight is 196 g/mol. The van der Waals surface area contributed by atoms with Gasteiger partial charge in [-0.15, -0.1) is 0 Å². The molecule has 0 amide bonds. The van der Waals surface area contributed by atoms with Gasteiger partial charge in [-0.25, -0.2) is 4.39 Å². The smallest absolute Gasteiger partial charge is 0.126 e. The number of aldehydes is 1. The van der Waals surface area contributed by atoms with Crippen LogP contribution in [-0.4, -0.2) is 13.4 Å². The molecular formula is C11H13FO2. The van der Waals surface area contributed by atoms with Crippen molar-refractivity contribution in [3.8, 4) is 5.75 Å². The summed E-state index contributed by atoms with van der Waals surface area (Å²) < 4.78 is 18.4. The van der Waals surface area contributed by atoms with Crippen molar-refractivity contribution in [1.29, 1.82) is 0 Å². The van der Waals surface area contributed by atoms with Crippen LogP contribution in [-0.2, 0) is 11.2 Å². The topological polar surface area (TPSA) is 26.3 Å². The van der Waals surface area contributed by atoms with Gasteiger partial charge in [0.2, 0.25) is 0 Å². The highest BCUT2D eigenvalue weighted by Crippen LogP contribution is 2.24. The summed E-state index contributed by atoms with van der Waals surface area (Å²) in [6.07, 6.45) is 1.56. The van der Waals surface area contributed by atoms with E-state index >= 15 is 0 Å². The predicted octanol–water partition coefficient (Wildman–Crippen LogP) is 2.27. The van der Waals surface area contributed by atoms with Gasteiger partial charge in [0.05, 0.1) is 7.11 Å². The van der Waals surface area contributed by atoms with Gasteiger partial charge in [-0.2, -0.15) is 0 Å². The molecule has 0 saturated carbocycles. The second-order valence-electron chi connectivity index (χ2n) is 3.06. The number of benzene rings is 1. The molecule has 0 unspecified atom stereocenters. The van der Waals surface area contributed by atoms with Crippen LogP contribution in [0, 0.1) is 12.7 Å². The quantitative estimate of drug-likeness (QED) is 0.690. The monoisotopic (exact) mass is 196 g/mol. The predicted molar refractivity (Wildman–Crippen MR) is 52.1 cm³/mol. The third kappa shape index (κ3) is 2.10. The first-order valence-electron chi connectivity index (χ1n) is 4.46. The first kappa shape index (κ1) is 10.7. The van der Waals surface area contributed by atoms with E-state index in [1.807, 2.05) is 0 Å². The van der Waals surface area contributed by atoms with E-state index in [2.05, 4.69) is 0 Å². The molecule has 1 rings (SSSR count). The van der Waals surface area contributed by atoms with Crippen molar-refractivity contribution in [3.05, 3.63) is 29.1 Å². The Morgan fingerprint density at radius 3 is 2.79 bits per heavy atom. The van der Waals surface area contributed by atoms with Crippen LogP contribution in [0.25, 0.3) is 0 Å². The van der Waals surface area contributed by atoms with Gasteiger partial charge in [-0.05, 0) is 36.6 Å². The minimum absolute atomic E-state index is 0.273. The Bertz CT molecular complexity index is 334. The molecule has 14 heavy (non-hydrogen) atoms. The van der Waals surface area contributed by atoms with Gasteiger partial charge >= 0.3 is 0 Å². The van der Waals surface area contributed by atoms with Gasteiger partial charge in [-0.3, -0.25) is 0 Å². The maximum Gasteiger partial charge on any atom is 0.126 e. The van der Waals surface area contributed by atoms with Crippen LogP contribution in [0.2, 0.25) is 0 Å². The van der Waals surface area contributed by atoms with Crippen molar-refractivity contribution in [1.82, 2.24) is 0 Å². The largest absolute Gasteiger partial charge is 0.496 e. The molecule has 0 spiro atoms. The number of rotatable bonds is 4. The Morgan fingerprint density at radius 1 is 1.50 bits per heavy atom. The summed E-state index contributed by atoms with van der Waals surface area (Å²) >= 11 is 0. The van der Waals surface area contributed by atoms with Crippen LogP contribution in [0.3, 0.4) is 0 Å². The first-order chi connectivity index (χ1) is 6.70. The normalized spacial score (nSPS) is 9.93. The average Bonchev–Trinajstić information content (AvgIpc) is 2.18. The SMILES string of the molecule is COc1ccc(F)c(CCC=O)c1C. The summed E-state index contributed by atoms with van der Waals surface area (Å²) in [5.41, 5.74) is 1.34. The number of methoxy groups -OCH3 is 1. The zero-order chi connectivity index (χ0) is 10.6. The fourth-order valence-electron chi connectivity index (χ4n) is 1.43. The Balaban J connectivity index is 3.04. The van der Waals surface area contributed by atoms with E-state index in [4.69, 9.17) is 4.74 Å². The maximum absolute atomic E-state index is 13.3. The summed E-state index contributed by atoms with van der Waals surface area (Å²) in [6, 6.07) is 2.96. The van der Waals surface area contributed by atoms with Crippen molar-refractivity contribution in [2.75, 3.05) is 7.11 Å². The van der Waals surface area contributed by atoms with E-state index in [9.17, 15) is 9.18 Å². The van der Waals surface area contributed by atoms with Gasteiger partial charge in [0.1, 0.15) is 17.9 Å². The highest BCUT2D eigenvalue weighted by molar-refractivity contribution is 5.51. The lowest BCUT2D eigenvalue weighted by molar-refractivity contribution is -0.107. The summed E-state index contributed by atoms with van der Waals surface area (Å²) in [5, 5.41) is 0. The van der Waals surface area contributed by atoms with Crippen molar-refractivity contribution < 1.29 is 13.9 Å². The second-order valence-corrected chi connectivity index (χ2v) is 3.06. The fourth-order valence-corrected chi connectivity index (χ4v) is 1.43. The highest BCUT2D eigenvalue weighted by atomic mass is 19.1. The molecule has 1 aromatic carbocycles. The number of carbonyl (C=O) groups is 1. The lowest BCUT2D eigenvalue weighted by Crippen LogP contribution is -1.98. The van der Waals surface area contributed by atoms with Crippen molar-refractivity contribution in [2.24, 2.45) is 0 Å². The minimum Gasteiger partial charge on any atom is -0.496 e. The molecule has 76 valence electrons. The van der Waals surface area contributed by atoms with Crippen LogP contribution in [0.5, 0.6) is 5.75 Å². The van der Waals surface area contributed by atoms with E-state index < -0.39 is 0 Å². The summed E-state index contributed by atoms with van der Waals surface area (Å²) in [6.45, 7) is 1.79. The molecule has 3 heteroatoms. The minimum atomic E-state index is -0.273. The Labute approximate surface area is 82.7 Å². The lowest BCUT2D eigenvalue weighted by Gasteiger charge is -2.10. The van der Waals surface area contributed by atoms with E-state index in [-0.39, 0.29) is 5.82 Å². The molecule has 0 aliphatic carbocycles. The van der Waals surface area contributed by atoms with Crippen molar-refractivity contribution in [2.45, 2.75) is 19.8 Å². The zero-order valence-electron chi connectivity index (χ0n) is 8.34. The molecule has 0 aliphatic heterocycles. The van der Waals surface area contributed by atoms with Gasteiger partial charge < -0.3 is 9.53 Å². The van der Waals surface area contributed by atoms with Crippen LogP contribution in [0.4, 0.5) is 4.39 Å². The molecule has 0 bridgehead atoms. The first-order valence-corrected chi connectivity index (χ1v) is 4.46. The summed E-state index contributed by atoms with van der Waals surface area (Å²) in [5.74, 6) is 0.387. The van der Waals surface area contributed by atoms with Gasteiger partial charge in [0.25, 0.3) is 0 Å². The van der Waals surface area contributed by atoms with Crippen LogP contribution in [0.15, 0.2) is 12.1 Å². The highest BCUT2D eigenvalue weighted by Gasteiger charge is 2.09. The number of ether oxygens (including phenoxy) is 1. The number of halogens is 1. The van der Waals surface area contributed by atoms with E-state index in [0.717, 1.165) is 11.8 Å². The molecular weight excluding hydrogens is 183 g/mol. The fraction of sp³-hybridized carbons (Fsp3) is 0.364. The lowest BCUT2D eigenvalue weighted by atomic mass is 10.0. The molecule has 0 heterocycles. The molecule has 0 radical (unpaired) electrons. The van der Waals surface area contributed by atoms with E-state index in [0.29, 0.717) is 24.2 Å². The molecule has 1 aromatic rings. The van der Waals surface area contributed by atoms with Crippen molar-refractivity contribution in [3.63, 3.8) is 0 Å². The number of hydrogen-bond acceptors (Lipinski definition) is 2. The van der Waals surface area contributed by atoms with Gasteiger partial charge in [0, 0.05) is 6.42 Å². The summed E-state index contributed by atoms with van der Waals surface area (Å²) in [7, 11) is 1.55. The third-order valence-electron chi connectivity index (χ3n) is 2.22. The number of hydrogen-bond donors (Lipinski definition) is 0. The van der Waals surface area contributed by atoms with Gasteiger partial charge in [-0.1, -0.05) is 0 Å². The standard InChI is InChI=1S/C11H13FO2/c1-8-9(4-3-7-13)10(12)5-6-11(8)14-2/h5-7H,3-4H2,1-2H3. The molecule has 0 aliphatic rings. The van der Waals surface area contributed by atoms with E-state index in [1.165, 1.54) is 6.07 Å². The molecule has 0 fully saturated rings. The molecule has 0 saturated heterocycles. The van der Waals surface area contributed by atoms with E-state index in [1.54, 1.807) is 20.1 Å². The van der Waals surface area contributed by atoms with Gasteiger partial charge in [0.15, 0.2) is 0 Å². The summed E-state index contributed by atoms with van der Waals surface area (Å²) in [4.78, 5) is 10.2.